The lowest BCUT2D eigenvalue weighted by Gasteiger charge is -2.25. The van der Waals surface area contributed by atoms with Crippen molar-refractivity contribution in [1.82, 2.24) is 5.32 Å². The van der Waals surface area contributed by atoms with Gasteiger partial charge in [0.2, 0.25) is 0 Å². The van der Waals surface area contributed by atoms with Crippen LogP contribution in [-0.2, 0) is 0 Å². The first kappa shape index (κ1) is 12.9. The largest absolute Gasteiger partial charge is 0.359 e. The molecule has 102 valence electrons. The third-order valence-electron chi connectivity index (χ3n) is 4.70. The third-order valence-corrected chi connectivity index (χ3v) is 4.92. The Morgan fingerprint density at radius 3 is 2.74 bits per heavy atom. The number of benzene rings is 1. The molecule has 2 nitrogen and oxygen atoms in total. The lowest BCUT2D eigenvalue weighted by atomic mass is 9.95. The Hall–Kier alpha value is -1.09. The van der Waals surface area contributed by atoms with Gasteiger partial charge in [-0.15, -0.1) is 0 Å². The number of nitrogens with one attached hydrogen (secondary N) is 2. The van der Waals surface area contributed by atoms with E-state index in [0.717, 1.165) is 22.6 Å². The predicted octanol–water partition coefficient (Wildman–Crippen LogP) is 3.78. The molecule has 2 fully saturated rings. The summed E-state index contributed by atoms with van der Waals surface area (Å²) in [5.41, 5.74) is 3.62. The molecule has 1 aromatic carbocycles. The van der Waals surface area contributed by atoms with Gasteiger partial charge in [0.05, 0.1) is 0 Å². The number of thiocarbonyl (C=S) groups is 1. The van der Waals surface area contributed by atoms with Gasteiger partial charge in [-0.05, 0) is 74.4 Å². The van der Waals surface area contributed by atoms with Crippen LogP contribution in [0.3, 0.4) is 0 Å². The van der Waals surface area contributed by atoms with Crippen LogP contribution in [0.15, 0.2) is 18.2 Å². The topological polar surface area (TPSA) is 24.1 Å². The van der Waals surface area contributed by atoms with E-state index >= 15 is 0 Å². The van der Waals surface area contributed by atoms with Crippen molar-refractivity contribution in [3.63, 3.8) is 0 Å². The zero-order chi connectivity index (χ0) is 13.4. The van der Waals surface area contributed by atoms with Gasteiger partial charge in [0.1, 0.15) is 0 Å². The number of hydrogen-bond acceptors (Lipinski definition) is 1. The monoisotopic (exact) mass is 274 g/mol. The fraction of sp³-hybridized carbons (Fsp3) is 0.562. The molecule has 0 radical (unpaired) electrons. The Morgan fingerprint density at radius 1 is 1.21 bits per heavy atom. The van der Waals surface area contributed by atoms with E-state index in [1.54, 1.807) is 0 Å². The molecule has 0 unspecified atom stereocenters. The van der Waals surface area contributed by atoms with Gasteiger partial charge in [0, 0.05) is 11.7 Å². The number of rotatable bonds is 2. The van der Waals surface area contributed by atoms with Gasteiger partial charge in [-0.3, -0.25) is 0 Å². The molecule has 19 heavy (non-hydrogen) atoms. The first-order valence-corrected chi connectivity index (χ1v) is 7.67. The highest BCUT2D eigenvalue weighted by molar-refractivity contribution is 7.80. The van der Waals surface area contributed by atoms with Gasteiger partial charge < -0.3 is 10.6 Å². The van der Waals surface area contributed by atoms with Crippen molar-refractivity contribution in [3.8, 4) is 0 Å². The quantitative estimate of drug-likeness (QED) is 0.803. The fourth-order valence-electron chi connectivity index (χ4n) is 3.62. The van der Waals surface area contributed by atoms with Crippen molar-refractivity contribution in [2.24, 2.45) is 11.8 Å². The highest BCUT2D eigenvalue weighted by atomic mass is 32.1. The molecule has 2 bridgehead atoms. The maximum Gasteiger partial charge on any atom is 0.171 e. The van der Waals surface area contributed by atoms with E-state index in [0.29, 0.717) is 6.04 Å². The third kappa shape index (κ3) is 2.76. The smallest absolute Gasteiger partial charge is 0.171 e. The minimum atomic E-state index is 0.601. The SMILES string of the molecule is Cc1ccc(C)c(NC(=S)N[C@H]2C[C@H]3CC[C@@H]2C3)c1. The number of anilines is 1. The van der Waals surface area contributed by atoms with Gasteiger partial charge in [-0.1, -0.05) is 18.6 Å². The molecule has 0 saturated heterocycles. The van der Waals surface area contributed by atoms with Crippen LogP contribution in [0.5, 0.6) is 0 Å². The highest BCUT2D eigenvalue weighted by Gasteiger charge is 2.39. The second-order valence-electron chi connectivity index (χ2n) is 6.20. The molecule has 1 aromatic rings. The number of aryl methyl sites for hydroxylation is 2. The normalized spacial score (nSPS) is 28.4. The minimum Gasteiger partial charge on any atom is -0.359 e. The van der Waals surface area contributed by atoms with Crippen LogP contribution < -0.4 is 10.6 Å². The van der Waals surface area contributed by atoms with Crippen molar-refractivity contribution < 1.29 is 0 Å². The molecule has 3 atom stereocenters. The van der Waals surface area contributed by atoms with E-state index in [1.165, 1.54) is 36.8 Å². The molecule has 0 aromatic heterocycles. The van der Waals surface area contributed by atoms with Crippen LogP contribution in [-0.4, -0.2) is 11.2 Å². The minimum absolute atomic E-state index is 0.601. The second kappa shape index (κ2) is 5.12. The molecular weight excluding hydrogens is 252 g/mol. The van der Waals surface area contributed by atoms with Crippen LogP contribution in [0.4, 0.5) is 5.69 Å². The van der Waals surface area contributed by atoms with Crippen LogP contribution in [0.1, 0.15) is 36.8 Å². The summed E-state index contributed by atoms with van der Waals surface area (Å²) in [6.07, 6.45) is 5.53. The lowest BCUT2D eigenvalue weighted by Crippen LogP contribution is -2.40. The van der Waals surface area contributed by atoms with Crippen LogP contribution in [0.25, 0.3) is 0 Å². The summed E-state index contributed by atoms with van der Waals surface area (Å²) < 4.78 is 0. The molecule has 2 saturated carbocycles. The van der Waals surface area contributed by atoms with E-state index in [9.17, 15) is 0 Å². The van der Waals surface area contributed by atoms with E-state index in [1.807, 2.05) is 0 Å². The summed E-state index contributed by atoms with van der Waals surface area (Å²) in [7, 11) is 0. The fourth-order valence-corrected chi connectivity index (χ4v) is 3.88. The van der Waals surface area contributed by atoms with Gasteiger partial charge in [0.15, 0.2) is 5.11 Å². The highest BCUT2D eigenvalue weighted by Crippen LogP contribution is 2.44. The molecule has 0 heterocycles. The molecule has 2 aliphatic carbocycles. The van der Waals surface area contributed by atoms with E-state index in [4.69, 9.17) is 12.2 Å². The molecular formula is C16H22N2S. The first-order chi connectivity index (χ1) is 9.11. The van der Waals surface area contributed by atoms with Crippen LogP contribution in [0.2, 0.25) is 0 Å². The Bertz CT molecular complexity index is 498. The van der Waals surface area contributed by atoms with Gasteiger partial charge >= 0.3 is 0 Å². The van der Waals surface area contributed by atoms with Crippen LogP contribution in [0, 0.1) is 25.7 Å². The molecule has 0 spiro atoms. The molecule has 0 amide bonds. The van der Waals surface area contributed by atoms with Crippen molar-refractivity contribution >= 4 is 23.0 Å². The lowest BCUT2D eigenvalue weighted by molar-refractivity contribution is 0.392. The van der Waals surface area contributed by atoms with Crippen molar-refractivity contribution in [1.29, 1.82) is 0 Å². The summed E-state index contributed by atoms with van der Waals surface area (Å²) in [6, 6.07) is 7.03. The predicted molar refractivity (Wildman–Crippen MR) is 84.5 cm³/mol. The average Bonchev–Trinajstić information content (AvgIpc) is 2.96. The molecule has 3 heteroatoms. The summed E-state index contributed by atoms with van der Waals surface area (Å²) >= 11 is 5.47. The second-order valence-corrected chi connectivity index (χ2v) is 6.61. The maximum atomic E-state index is 5.47. The molecule has 0 aliphatic heterocycles. The molecule has 2 aliphatic rings. The van der Waals surface area contributed by atoms with Gasteiger partial charge in [-0.25, -0.2) is 0 Å². The van der Waals surface area contributed by atoms with Crippen molar-refractivity contribution in [2.75, 3.05) is 5.32 Å². The van der Waals surface area contributed by atoms with Gasteiger partial charge in [-0.2, -0.15) is 0 Å². The summed E-state index contributed by atoms with van der Waals surface area (Å²) in [5.74, 6) is 1.80. The Morgan fingerprint density at radius 2 is 2.05 bits per heavy atom. The van der Waals surface area contributed by atoms with E-state index in [-0.39, 0.29) is 0 Å². The summed E-state index contributed by atoms with van der Waals surface area (Å²) in [4.78, 5) is 0. The first-order valence-electron chi connectivity index (χ1n) is 7.26. The standard InChI is InChI=1S/C16H22N2S/c1-10-3-4-11(2)14(7-10)17-16(19)18-15-9-12-5-6-13(15)8-12/h3-4,7,12-13,15H,5-6,8-9H2,1-2H3,(H2,17,18,19)/t12-,13+,15-/m0/s1. The zero-order valence-corrected chi connectivity index (χ0v) is 12.5. The van der Waals surface area contributed by atoms with Crippen molar-refractivity contribution in [2.45, 2.75) is 45.6 Å². The average molecular weight is 274 g/mol. The van der Waals surface area contributed by atoms with Gasteiger partial charge in [0.25, 0.3) is 0 Å². The Labute approximate surface area is 121 Å². The number of fused-ring (bicyclic) bond motifs is 2. The van der Waals surface area contributed by atoms with E-state index < -0.39 is 0 Å². The Balaban J connectivity index is 1.61. The zero-order valence-electron chi connectivity index (χ0n) is 11.7. The Kier molecular flexibility index (Phi) is 3.48. The van der Waals surface area contributed by atoms with Crippen LogP contribution >= 0.6 is 12.2 Å². The molecule has 2 N–H and O–H groups in total. The number of hydrogen-bond donors (Lipinski definition) is 2. The summed E-state index contributed by atoms with van der Waals surface area (Å²) in [5, 5.41) is 7.67. The maximum absolute atomic E-state index is 5.47. The summed E-state index contributed by atoms with van der Waals surface area (Å²) in [6.45, 7) is 4.22. The van der Waals surface area contributed by atoms with E-state index in [2.05, 4.69) is 42.7 Å². The van der Waals surface area contributed by atoms with Crippen molar-refractivity contribution in [3.05, 3.63) is 29.3 Å². The molecule has 3 rings (SSSR count).